The summed E-state index contributed by atoms with van der Waals surface area (Å²) in [7, 11) is 0. The van der Waals surface area contributed by atoms with E-state index in [9.17, 15) is 5.26 Å². The van der Waals surface area contributed by atoms with Crippen molar-refractivity contribution in [2.24, 2.45) is 11.3 Å². The summed E-state index contributed by atoms with van der Waals surface area (Å²) < 4.78 is 0. The van der Waals surface area contributed by atoms with Gasteiger partial charge in [0.2, 0.25) is 0 Å². The van der Waals surface area contributed by atoms with Gasteiger partial charge in [-0.15, -0.1) is 11.8 Å². The largest absolute Gasteiger partial charge is 0.198 e. The van der Waals surface area contributed by atoms with Crippen molar-refractivity contribution in [3.05, 3.63) is 30.3 Å². The van der Waals surface area contributed by atoms with Gasteiger partial charge in [0.1, 0.15) is 0 Å². The smallest absolute Gasteiger partial charge is 0.0690 e. The molecule has 0 radical (unpaired) electrons. The van der Waals surface area contributed by atoms with Crippen LogP contribution in [0, 0.1) is 22.7 Å². The number of thioether (sulfide) groups is 1. The van der Waals surface area contributed by atoms with E-state index in [-0.39, 0.29) is 5.41 Å². The highest BCUT2D eigenvalue weighted by Crippen LogP contribution is 2.42. The molecule has 1 nitrogen and oxygen atoms in total. The molecule has 0 aromatic heterocycles. The Kier molecular flexibility index (Phi) is 4.72. The highest BCUT2D eigenvalue weighted by atomic mass is 32.2. The van der Waals surface area contributed by atoms with Crippen LogP contribution in [0.1, 0.15) is 39.0 Å². The number of rotatable bonds is 4. The fourth-order valence-electron chi connectivity index (χ4n) is 2.61. The molecule has 1 aromatic rings. The predicted octanol–water partition coefficient (Wildman–Crippen LogP) is 4.89. The monoisotopic (exact) mass is 259 g/mol. The predicted molar refractivity (Wildman–Crippen MR) is 77.5 cm³/mol. The fourth-order valence-corrected chi connectivity index (χ4v) is 3.69. The van der Waals surface area contributed by atoms with E-state index in [2.05, 4.69) is 37.3 Å². The molecule has 0 bridgehead atoms. The summed E-state index contributed by atoms with van der Waals surface area (Å²) in [6.45, 7) is 2.31. The Morgan fingerprint density at radius 3 is 2.56 bits per heavy atom. The Morgan fingerprint density at radius 1 is 1.28 bits per heavy atom. The van der Waals surface area contributed by atoms with Gasteiger partial charge < -0.3 is 0 Å². The summed E-state index contributed by atoms with van der Waals surface area (Å²) >= 11 is 1.88. The molecule has 0 heterocycles. The summed E-state index contributed by atoms with van der Waals surface area (Å²) in [5, 5.41) is 9.47. The number of hydrogen-bond acceptors (Lipinski definition) is 2. The minimum Gasteiger partial charge on any atom is -0.198 e. The number of benzene rings is 1. The molecule has 96 valence electrons. The second kappa shape index (κ2) is 6.29. The molecule has 1 saturated carbocycles. The SMILES string of the molecule is CC1CCC(C#N)(CCSc2ccccc2)CC1. The van der Waals surface area contributed by atoms with Gasteiger partial charge in [-0.2, -0.15) is 5.26 Å². The van der Waals surface area contributed by atoms with Crippen LogP contribution in [0.3, 0.4) is 0 Å². The van der Waals surface area contributed by atoms with Gasteiger partial charge in [-0.1, -0.05) is 25.1 Å². The van der Waals surface area contributed by atoms with Gasteiger partial charge in [-0.3, -0.25) is 0 Å². The number of hydrogen-bond donors (Lipinski definition) is 0. The van der Waals surface area contributed by atoms with E-state index >= 15 is 0 Å². The molecular weight excluding hydrogens is 238 g/mol. The van der Waals surface area contributed by atoms with Gasteiger partial charge in [0.25, 0.3) is 0 Å². The molecule has 1 aliphatic rings. The molecule has 0 atom stereocenters. The van der Waals surface area contributed by atoms with Gasteiger partial charge >= 0.3 is 0 Å². The third kappa shape index (κ3) is 3.53. The van der Waals surface area contributed by atoms with E-state index in [1.807, 2.05) is 17.8 Å². The molecule has 2 rings (SSSR count). The van der Waals surface area contributed by atoms with E-state index in [1.165, 1.54) is 17.7 Å². The zero-order valence-electron chi connectivity index (χ0n) is 11.1. The molecule has 1 aliphatic carbocycles. The van der Waals surface area contributed by atoms with Crippen molar-refractivity contribution in [2.45, 2.75) is 43.9 Å². The molecule has 18 heavy (non-hydrogen) atoms. The maximum Gasteiger partial charge on any atom is 0.0690 e. The van der Waals surface area contributed by atoms with Gasteiger partial charge in [-0.25, -0.2) is 0 Å². The molecule has 0 amide bonds. The number of nitriles is 1. The van der Waals surface area contributed by atoms with E-state index < -0.39 is 0 Å². The number of nitrogens with zero attached hydrogens (tertiary/aromatic N) is 1. The second-order valence-electron chi connectivity index (χ2n) is 5.49. The van der Waals surface area contributed by atoms with Crippen LogP contribution in [0.2, 0.25) is 0 Å². The van der Waals surface area contributed by atoms with Crippen LogP contribution in [0.5, 0.6) is 0 Å². The standard InChI is InChI=1S/C16H21NS/c1-14-7-9-16(13-17,10-8-14)11-12-18-15-5-3-2-4-6-15/h2-6,14H,7-12H2,1H3. The quantitative estimate of drug-likeness (QED) is 0.719. The Labute approximate surface area is 115 Å². The Morgan fingerprint density at radius 2 is 1.94 bits per heavy atom. The maximum atomic E-state index is 9.47. The fraction of sp³-hybridized carbons (Fsp3) is 0.562. The molecule has 0 N–H and O–H groups in total. The van der Waals surface area contributed by atoms with Gasteiger partial charge in [0.05, 0.1) is 11.5 Å². The third-order valence-electron chi connectivity index (χ3n) is 4.06. The zero-order chi connectivity index (χ0) is 12.8. The lowest BCUT2D eigenvalue weighted by Crippen LogP contribution is -2.25. The van der Waals surface area contributed by atoms with E-state index in [4.69, 9.17) is 0 Å². The van der Waals surface area contributed by atoms with Crippen molar-refractivity contribution in [3.63, 3.8) is 0 Å². The third-order valence-corrected chi connectivity index (χ3v) is 5.07. The molecule has 0 spiro atoms. The lowest BCUT2D eigenvalue weighted by atomic mass is 9.70. The highest BCUT2D eigenvalue weighted by Gasteiger charge is 2.33. The van der Waals surface area contributed by atoms with Crippen LogP contribution in [0.4, 0.5) is 0 Å². The normalized spacial score (nSPS) is 27.7. The molecule has 1 aromatic carbocycles. The minimum absolute atomic E-state index is 0.0334. The topological polar surface area (TPSA) is 23.8 Å². The van der Waals surface area contributed by atoms with Crippen LogP contribution in [0.25, 0.3) is 0 Å². The van der Waals surface area contributed by atoms with Crippen molar-refractivity contribution in [1.29, 1.82) is 5.26 Å². The first-order valence-corrected chi connectivity index (χ1v) is 7.82. The van der Waals surface area contributed by atoms with Gasteiger partial charge in [-0.05, 0) is 55.9 Å². The summed E-state index contributed by atoms with van der Waals surface area (Å²) in [4.78, 5) is 1.31. The summed E-state index contributed by atoms with van der Waals surface area (Å²) in [5.41, 5.74) is -0.0334. The molecule has 0 aliphatic heterocycles. The maximum absolute atomic E-state index is 9.47. The van der Waals surface area contributed by atoms with Gasteiger partial charge in [0.15, 0.2) is 0 Å². The van der Waals surface area contributed by atoms with Crippen LogP contribution in [0.15, 0.2) is 35.2 Å². The Hall–Kier alpha value is -0.940. The molecule has 0 saturated heterocycles. The van der Waals surface area contributed by atoms with E-state index in [1.54, 1.807) is 0 Å². The van der Waals surface area contributed by atoms with E-state index in [0.29, 0.717) is 0 Å². The summed E-state index contributed by atoms with van der Waals surface area (Å²) in [6.07, 6.45) is 5.68. The van der Waals surface area contributed by atoms with Crippen molar-refractivity contribution in [1.82, 2.24) is 0 Å². The van der Waals surface area contributed by atoms with Crippen molar-refractivity contribution in [2.75, 3.05) is 5.75 Å². The first kappa shape index (κ1) is 13.5. The summed E-state index contributed by atoms with van der Waals surface area (Å²) in [5.74, 6) is 1.87. The average molecular weight is 259 g/mol. The molecular formula is C16H21NS. The minimum atomic E-state index is -0.0334. The summed E-state index contributed by atoms with van der Waals surface area (Å²) in [6, 6.07) is 13.1. The molecule has 2 heteroatoms. The van der Waals surface area contributed by atoms with Crippen LogP contribution in [-0.4, -0.2) is 5.75 Å². The lowest BCUT2D eigenvalue weighted by Gasteiger charge is -2.33. The van der Waals surface area contributed by atoms with Gasteiger partial charge in [0, 0.05) is 4.90 Å². The van der Waals surface area contributed by atoms with Crippen molar-refractivity contribution in [3.8, 4) is 6.07 Å². The second-order valence-corrected chi connectivity index (χ2v) is 6.65. The van der Waals surface area contributed by atoms with Crippen LogP contribution < -0.4 is 0 Å². The molecule has 0 unspecified atom stereocenters. The Balaban J connectivity index is 1.83. The first-order valence-electron chi connectivity index (χ1n) is 6.83. The van der Waals surface area contributed by atoms with E-state index in [0.717, 1.165) is 30.9 Å². The van der Waals surface area contributed by atoms with Crippen molar-refractivity contribution >= 4 is 11.8 Å². The highest BCUT2D eigenvalue weighted by molar-refractivity contribution is 7.99. The Bertz CT molecular complexity index is 399. The van der Waals surface area contributed by atoms with Crippen LogP contribution in [-0.2, 0) is 0 Å². The average Bonchev–Trinajstić information content (AvgIpc) is 2.43. The molecule has 1 fully saturated rings. The zero-order valence-corrected chi connectivity index (χ0v) is 11.9. The van der Waals surface area contributed by atoms with Crippen LogP contribution >= 0.6 is 11.8 Å². The lowest BCUT2D eigenvalue weighted by molar-refractivity contribution is 0.215. The van der Waals surface area contributed by atoms with Crippen molar-refractivity contribution < 1.29 is 0 Å². The first-order chi connectivity index (χ1) is 8.74.